The maximum atomic E-state index is 10.1. The lowest BCUT2D eigenvalue weighted by molar-refractivity contribution is 0.163. The lowest BCUT2D eigenvalue weighted by Gasteiger charge is -2.20. The van der Waals surface area contributed by atoms with E-state index in [2.05, 4.69) is 20.0 Å². The number of aromatic nitrogens is 2. The van der Waals surface area contributed by atoms with E-state index in [-0.39, 0.29) is 0 Å². The fourth-order valence-electron chi connectivity index (χ4n) is 1.98. The third-order valence-electron chi connectivity index (χ3n) is 2.98. The van der Waals surface area contributed by atoms with Gasteiger partial charge in [-0.15, -0.1) is 0 Å². The first-order chi connectivity index (χ1) is 9.83. The van der Waals surface area contributed by atoms with Crippen LogP contribution >= 0.6 is 0 Å². The molecule has 3 rings (SSSR count). The molecule has 0 saturated heterocycles. The number of fused-ring (bicyclic) bond motifs is 1. The Balaban J connectivity index is 1.57. The van der Waals surface area contributed by atoms with Gasteiger partial charge in [-0.1, -0.05) is 11.2 Å². The summed E-state index contributed by atoms with van der Waals surface area (Å²) in [4.78, 5) is 3.89. The Morgan fingerprint density at radius 3 is 2.90 bits per heavy atom. The highest BCUT2D eigenvalue weighted by Crippen LogP contribution is 2.32. The van der Waals surface area contributed by atoms with Crippen LogP contribution in [0.25, 0.3) is 0 Å². The van der Waals surface area contributed by atoms with Crippen LogP contribution in [0.5, 0.6) is 11.5 Å². The van der Waals surface area contributed by atoms with Crippen molar-refractivity contribution in [3.8, 4) is 11.5 Å². The van der Waals surface area contributed by atoms with E-state index < -0.39 is 6.10 Å². The molecule has 0 bridgehead atoms. The molecule has 2 heterocycles. The van der Waals surface area contributed by atoms with Crippen molar-refractivity contribution in [2.24, 2.45) is 0 Å². The molecule has 0 radical (unpaired) electrons. The largest absolute Gasteiger partial charge is 0.486 e. The monoisotopic (exact) mass is 277 g/mol. The number of nitrogens with one attached hydrogen (secondary N) is 1. The van der Waals surface area contributed by atoms with Gasteiger partial charge in [0.1, 0.15) is 13.2 Å². The molecule has 0 amide bonds. The lowest BCUT2D eigenvalue weighted by Crippen LogP contribution is -2.22. The second-order valence-corrected chi connectivity index (χ2v) is 4.40. The number of rotatable bonds is 5. The van der Waals surface area contributed by atoms with E-state index in [1.54, 1.807) is 6.07 Å². The normalized spacial score (nSPS) is 15.1. The summed E-state index contributed by atoms with van der Waals surface area (Å²) in [6.07, 6.45) is 0.631. The zero-order valence-corrected chi connectivity index (χ0v) is 10.8. The molecule has 7 nitrogen and oxygen atoms in total. The highest BCUT2D eigenvalue weighted by molar-refractivity contribution is 5.44. The zero-order chi connectivity index (χ0) is 13.8. The molecule has 1 atom stereocenters. The molecule has 0 aliphatic carbocycles. The SMILES string of the molecule is OC(CNCc1ncon1)c1ccc2c(c1)OCCO2. The molecule has 106 valence electrons. The Morgan fingerprint density at radius 1 is 1.25 bits per heavy atom. The minimum atomic E-state index is -0.641. The Kier molecular flexibility index (Phi) is 3.80. The number of nitrogens with zero attached hydrogens (tertiary/aromatic N) is 2. The first kappa shape index (κ1) is 12.9. The van der Waals surface area contributed by atoms with Crippen molar-refractivity contribution >= 4 is 0 Å². The smallest absolute Gasteiger partial charge is 0.213 e. The van der Waals surface area contributed by atoms with Gasteiger partial charge in [-0.3, -0.25) is 0 Å². The van der Waals surface area contributed by atoms with Crippen LogP contribution in [0.15, 0.2) is 29.1 Å². The molecule has 1 unspecified atom stereocenters. The van der Waals surface area contributed by atoms with Gasteiger partial charge in [-0.05, 0) is 17.7 Å². The highest BCUT2D eigenvalue weighted by Gasteiger charge is 2.15. The fraction of sp³-hybridized carbons (Fsp3) is 0.385. The molecule has 0 saturated carbocycles. The number of hydrogen-bond donors (Lipinski definition) is 2. The van der Waals surface area contributed by atoms with Gasteiger partial charge in [-0.25, -0.2) is 0 Å². The summed E-state index contributed by atoms with van der Waals surface area (Å²) in [6, 6.07) is 5.44. The summed E-state index contributed by atoms with van der Waals surface area (Å²) < 4.78 is 15.6. The predicted molar refractivity (Wildman–Crippen MR) is 68.4 cm³/mol. The Morgan fingerprint density at radius 2 is 2.10 bits per heavy atom. The van der Waals surface area contributed by atoms with Crippen LogP contribution in [-0.4, -0.2) is 35.0 Å². The van der Waals surface area contributed by atoms with E-state index in [1.807, 2.05) is 12.1 Å². The van der Waals surface area contributed by atoms with E-state index in [1.165, 1.54) is 6.39 Å². The van der Waals surface area contributed by atoms with Gasteiger partial charge < -0.3 is 24.4 Å². The van der Waals surface area contributed by atoms with E-state index >= 15 is 0 Å². The average Bonchev–Trinajstić information content (AvgIpc) is 3.00. The van der Waals surface area contributed by atoms with Crippen LogP contribution in [-0.2, 0) is 6.54 Å². The third kappa shape index (κ3) is 2.89. The van der Waals surface area contributed by atoms with E-state index in [4.69, 9.17) is 9.47 Å². The Bertz CT molecular complexity index is 559. The summed E-state index contributed by atoms with van der Waals surface area (Å²) in [7, 11) is 0. The molecule has 20 heavy (non-hydrogen) atoms. The summed E-state index contributed by atoms with van der Waals surface area (Å²) in [5, 5.41) is 16.9. The molecule has 0 fully saturated rings. The van der Waals surface area contributed by atoms with E-state index in [9.17, 15) is 5.11 Å². The zero-order valence-electron chi connectivity index (χ0n) is 10.8. The van der Waals surface area contributed by atoms with Crippen molar-refractivity contribution in [1.82, 2.24) is 15.5 Å². The average molecular weight is 277 g/mol. The summed E-state index contributed by atoms with van der Waals surface area (Å²) >= 11 is 0. The number of hydrogen-bond acceptors (Lipinski definition) is 7. The molecule has 2 N–H and O–H groups in total. The highest BCUT2D eigenvalue weighted by atomic mass is 16.6. The van der Waals surface area contributed by atoms with Crippen molar-refractivity contribution < 1.29 is 19.1 Å². The second kappa shape index (κ2) is 5.89. The van der Waals surface area contributed by atoms with Crippen LogP contribution in [0.3, 0.4) is 0 Å². The second-order valence-electron chi connectivity index (χ2n) is 4.40. The Hall–Kier alpha value is -2.12. The minimum Gasteiger partial charge on any atom is -0.486 e. The molecule has 1 aliphatic rings. The first-order valence-electron chi connectivity index (χ1n) is 6.36. The molecular weight excluding hydrogens is 262 g/mol. The molecular formula is C13H15N3O4. The molecule has 0 spiro atoms. The number of aliphatic hydroxyl groups is 1. The van der Waals surface area contributed by atoms with Crippen molar-refractivity contribution in [1.29, 1.82) is 0 Å². The summed E-state index contributed by atoms with van der Waals surface area (Å²) in [6.45, 7) is 1.91. The molecule has 1 aromatic heterocycles. The summed E-state index contributed by atoms with van der Waals surface area (Å²) in [5.41, 5.74) is 0.773. The number of ether oxygens (including phenoxy) is 2. The van der Waals surface area contributed by atoms with Gasteiger partial charge in [0.25, 0.3) is 0 Å². The molecule has 1 aromatic carbocycles. The van der Waals surface area contributed by atoms with Gasteiger partial charge in [0.05, 0.1) is 12.6 Å². The lowest BCUT2D eigenvalue weighted by atomic mass is 10.1. The molecule has 7 heteroatoms. The van der Waals surface area contributed by atoms with Crippen LogP contribution < -0.4 is 14.8 Å². The predicted octanol–water partition coefficient (Wildman–Crippen LogP) is 0.664. The topological polar surface area (TPSA) is 89.6 Å². The van der Waals surface area contributed by atoms with E-state index in [0.717, 1.165) is 5.56 Å². The standard InChI is InChI=1S/C13H15N3O4/c17-10(6-14-7-13-15-8-20-16-13)9-1-2-11-12(5-9)19-4-3-18-11/h1-2,5,8,10,14,17H,3-4,6-7H2. The van der Waals surface area contributed by atoms with Gasteiger partial charge in [0, 0.05) is 6.54 Å². The number of benzene rings is 1. The van der Waals surface area contributed by atoms with Crippen molar-refractivity contribution in [2.75, 3.05) is 19.8 Å². The molecule has 1 aliphatic heterocycles. The van der Waals surface area contributed by atoms with Crippen LogP contribution in [0, 0.1) is 0 Å². The van der Waals surface area contributed by atoms with Gasteiger partial charge in [-0.2, -0.15) is 4.98 Å². The number of aliphatic hydroxyl groups excluding tert-OH is 1. The Labute approximate surface area is 115 Å². The minimum absolute atomic E-state index is 0.383. The van der Waals surface area contributed by atoms with E-state index in [0.29, 0.717) is 43.6 Å². The van der Waals surface area contributed by atoms with Crippen LogP contribution in [0.4, 0.5) is 0 Å². The summed E-state index contributed by atoms with van der Waals surface area (Å²) in [5.74, 6) is 1.94. The quantitative estimate of drug-likeness (QED) is 0.829. The molecule has 2 aromatic rings. The van der Waals surface area contributed by atoms with Crippen molar-refractivity contribution in [3.05, 3.63) is 36.0 Å². The van der Waals surface area contributed by atoms with Gasteiger partial charge in [0.2, 0.25) is 6.39 Å². The maximum absolute atomic E-state index is 10.1. The van der Waals surface area contributed by atoms with Crippen molar-refractivity contribution in [3.63, 3.8) is 0 Å². The van der Waals surface area contributed by atoms with Crippen molar-refractivity contribution in [2.45, 2.75) is 12.6 Å². The first-order valence-corrected chi connectivity index (χ1v) is 6.36. The van der Waals surface area contributed by atoms with Crippen LogP contribution in [0.1, 0.15) is 17.5 Å². The van der Waals surface area contributed by atoms with Gasteiger partial charge >= 0.3 is 0 Å². The maximum Gasteiger partial charge on any atom is 0.213 e. The fourth-order valence-corrected chi connectivity index (χ4v) is 1.98. The third-order valence-corrected chi connectivity index (χ3v) is 2.98. The van der Waals surface area contributed by atoms with Gasteiger partial charge in [0.15, 0.2) is 17.3 Å². The van der Waals surface area contributed by atoms with Crippen LogP contribution in [0.2, 0.25) is 0 Å².